The minimum atomic E-state index is 0.0553. The van der Waals surface area contributed by atoms with Gasteiger partial charge in [0.05, 0.1) is 0 Å². The van der Waals surface area contributed by atoms with Gasteiger partial charge >= 0.3 is 0 Å². The van der Waals surface area contributed by atoms with Crippen LogP contribution in [0.15, 0.2) is 18.2 Å². The van der Waals surface area contributed by atoms with Gasteiger partial charge in [0.15, 0.2) is 0 Å². The first-order chi connectivity index (χ1) is 10.1. The number of nitrogens with one attached hydrogen (secondary N) is 2. The summed E-state index contributed by atoms with van der Waals surface area (Å²) < 4.78 is 0. The SMILES string of the molecule is CCNc1ccc(C(=O)NCC2CCC(C)CC2)cc1C. The Kier molecular flexibility index (Phi) is 5.66. The molecule has 2 rings (SSSR count). The molecule has 0 unspecified atom stereocenters. The predicted octanol–water partition coefficient (Wildman–Crippen LogP) is 3.98. The molecule has 1 amide bonds. The lowest BCUT2D eigenvalue weighted by atomic mass is 9.83. The smallest absolute Gasteiger partial charge is 0.251 e. The summed E-state index contributed by atoms with van der Waals surface area (Å²) in [6, 6.07) is 5.87. The second kappa shape index (κ2) is 7.48. The van der Waals surface area contributed by atoms with Gasteiger partial charge in [-0.25, -0.2) is 0 Å². The highest BCUT2D eigenvalue weighted by Gasteiger charge is 2.19. The van der Waals surface area contributed by atoms with Crippen molar-refractivity contribution in [1.82, 2.24) is 5.32 Å². The summed E-state index contributed by atoms with van der Waals surface area (Å²) >= 11 is 0. The lowest BCUT2D eigenvalue weighted by Gasteiger charge is -2.26. The first kappa shape index (κ1) is 15.9. The lowest BCUT2D eigenvalue weighted by Crippen LogP contribution is -2.31. The average Bonchev–Trinajstić information content (AvgIpc) is 2.48. The number of rotatable bonds is 5. The van der Waals surface area contributed by atoms with Crippen LogP contribution in [0.4, 0.5) is 5.69 Å². The molecule has 0 aliphatic heterocycles. The molecule has 0 atom stereocenters. The van der Waals surface area contributed by atoms with Crippen LogP contribution in [0.3, 0.4) is 0 Å². The van der Waals surface area contributed by atoms with E-state index in [0.29, 0.717) is 5.92 Å². The summed E-state index contributed by atoms with van der Waals surface area (Å²) in [7, 11) is 0. The Balaban J connectivity index is 1.87. The van der Waals surface area contributed by atoms with Gasteiger partial charge in [-0.15, -0.1) is 0 Å². The van der Waals surface area contributed by atoms with E-state index in [4.69, 9.17) is 0 Å². The molecule has 21 heavy (non-hydrogen) atoms. The van der Waals surface area contributed by atoms with Crippen molar-refractivity contribution >= 4 is 11.6 Å². The zero-order chi connectivity index (χ0) is 15.2. The van der Waals surface area contributed by atoms with E-state index < -0.39 is 0 Å². The fourth-order valence-electron chi connectivity index (χ4n) is 3.07. The highest BCUT2D eigenvalue weighted by atomic mass is 16.1. The van der Waals surface area contributed by atoms with E-state index in [1.807, 2.05) is 25.1 Å². The number of benzene rings is 1. The van der Waals surface area contributed by atoms with E-state index in [1.54, 1.807) is 0 Å². The summed E-state index contributed by atoms with van der Waals surface area (Å²) in [5.41, 5.74) is 2.99. The molecule has 1 fully saturated rings. The first-order valence-electron chi connectivity index (χ1n) is 8.22. The van der Waals surface area contributed by atoms with Crippen LogP contribution >= 0.6 is 0 Å². The lowest BCUT2D eigenvalue weighted by molar-refractivity contribution is 0.0942. The van der Waals surface area contributed by atoms with Crippen LogP contribution in [-0.2, 0) is 0 Å². The number of amides is 1. The normalized spacial score (nSPS) is 21.9. The molecule has 2 N–H and O–H groups in total. The van der Waals surface area contributed by atoms with Crippen molar-refractivity contribution in [3.63, 3.8) is 0 Å². The van der Waals surface area contributed by atoms with Gasteiger partial charge in [0.25, 0.3) is 5.91 Å². The Labute approximate surface area is 128 Å². The molecule has 0 aromatic heterocycles. The van der Waals surface area contributed by atoms with Gasteiger partial charge in [-0.1, -0.05) is 19.8 Å². The fraction of sp³-hybridized carbons (Fsp3) is 0.611. The van der Waals surface area contributed by atoms with E-state index in [0.717, 1.165) is 35.8 Å². The van der Waals surface area contributed by atoms with Gasteiger partial charge in [0.2, 0.25) is 0 Å². The van der Waals surface area contributed by atoms with Crippen molar-refractivity contribution in [3.8, 4) is 0 Å². The van der Waals surface area contributed by atoms with Gasteiger partial charge in [-0.05, 0) is 62.3 Å². The molecule has 0 saturated heterocycles. The fourth-order valence-corrected chi connectivity index (χ4v) is 3.07. The highest BCUT2D eigenvalue weighted by Crippen LogP contribution is 2.27. The van der Waals surface area contributed by atoms with E-state index in [9.17, 15) is 4.79 Å². The molecule has 1 aliphatic rings. The molecule has 1 aliphatic carbocycles. The van der Waals surface area contributed by atoms with Crippen molar-refractivity contribution in [2.24, 2.45) is 11.8 Å². The zero-order valence-electron chi connectivity index (χ0n) is 13.5. The van der Waals surface area contributed by atoms with Crippen LogP contribution in [0.25, 0.3) is 0 Å². The maximum absolute atomic E-state index is 12.2. The molecular formula is C18H28N2O. The van der Waals surface area contributed by atoms with Gasteiger partial charge in [-0.2, -0.15) is 0 Å². The van der Waals surface area contributed by atoms with Crippen molar-refractivity contribution in [1.29, 1.82) is 0 Å². The monoisotopic (exact) mass is 288 g/mol. The van der Waals surface area contributed by atoms with Gasteiger partial charge in [0, 0.05) is 24.3 Å². The molecule has 0 radical (unpaired) electrons. The average molecular weight is 288 g/mol. The molecule has 1 aromatic carbocycles. The van der Waals surface area contributed by atoms with Crippen molar-refractivity contribution in [2.45, 2.75) is 46.5 Å². The molecule has 116 valence electrons. The molecule has 3 heteroatoms. The largest absolute Gasteiger partial charge is 0.385 e. The summed E-state index contributed by atoms with van der Waals surface area (Å²) in [5, 5.41) is 6.40. The third-order valence-electron chi connectivity index (χ3n) is 4.54. The van der Waals surface area contributed by atoms with Crippen molar-refractivity contribution < 1.29 is 4.79 Å². The molecule has 1 saturated carbocycles. The van der Waals surface area contributed by atoms with Gasteiger partial charge in [-0.3, -0.25) is 4.79 Å². The molecular weight excluding hydrogens is 260 g/mol. The highest BCUT2D eigenvalue weighted by molar-refractivity contribution is 5.94. The number of hydrogen-bond acceptors (Lipinski definition) is 2. The third kappa shape index (κ3) is 4.48. The van der Waals surface area contributed by atoms with E-state index in [2.05, 4.69) is 24.5 Å². The molecule has 0 heterocycles. The number of carbonyl (C=O) groups is 1. The van der Waals surface area contributed by atoms with Crippen LogP contribution < -0.4 is 10.6 Å². The second-order valence-electron chi connectivity index (χ2n) is 6.40. The van der Waals surface area contributed by atoms with Gasteiger partial charge < -0.3 is 10.6 Å². The second-order valence-corrected chi connectivity index (χ2v) is 6.40. The van der Waals surface area contributed by atoms with Crippen LogP contribution in [0.1, 0.15) is 55.5 Å². The van der Waals surface area contributed by atoms with Gasteiger partial charge in [0.1, 0.15) is 0 Å². The quantitative estimate of drug-likeness (QED) is 0.860. The minimum Gasteiger partial charge on any atom is -0.385 e. The number of hydrogen-bond donors (Lipinski definition) is 2. The van der Waals surface area contributed by atoms with Crippen LogP contribution in [-0.4, -0.2) is 19.0 Å². The molecule has 1 aromatic rings. The Morgan fingerprint density at radius 1 is 1.24 bits per heavy atom. The maximum Gasteiger partial charge on any atom is 0.251 e. The van der Waals surface area contributed by atoms with Crippen LogP contribution in [0, 0.1) is 18.8 Å². The Hall–Kier alpha value is -1.51. The zero-order valence-corrected chi connectivity index (χ0v) is 13.5. The molecule has 0 spiro atoms. The van der Waals surface area contributed by atoms with Crippen molar-refractivity contribution in [2.75, 3.05) is 18.4 Å². The first-order valence-corrected chi connectivity index (χ1v) is 8.22. The maximum atomic E-state index is 12.2. The molecule has 3 nitrogen and oxygen atoms in total. The Morgan fingerprint density at radius 3 is 2.57 bits per heavy atom. The van der Waals surface area contributed by atoms with E-state index >= 15 is 0 Å². The number of carbonyl (C=O) groups excluding carboxylic acids is 1. The molecule has 0 bridgehead atoms. The Bertz CT molecular complexity index is 476. The van der Waals surface area contributed by atoms with Crippen LogP contribution in [0.5, 0.6) is 0 Å². The van der Waals surface area contributed by atoms with Crippen molar-refractivity contribution in [3.05, 3.63) is 29.3 Å². The van der Waals surface area contributed by atoms with E-state index in [1.165, 1.54) is 25.7 Å². The minimum absolute atomic E-state index is 0.0553. The summed E-state index contributed by atoms with van der Waals surface area (Å²) in [5.74, 6) is 1.57. The number of anilines is 1. The van der Waals surface area contributed by atoms with E-state index in [-0.39, 0.29) is 5.91 Å². The predicted molar refractivity (Wildman–Crippen MR) is 88.8 cm³/mol. The summed E-state index contributed by atoms with van der Waals surface area (Å²) in [6.07, 6.45) is 5.10. The Morgan fingerprint density at radius 2 is 1.95 bits per heavy atom. The third-order valence-corrected chi connectivity index (χ3v) is 4.54. The summed E-state index contributed by atoms with van der Waals surface area (Å²) in [6.45, 7) is 8.15. The number of aryl methyl sites for hydroxylation is 1. The topological polar surface area (TPSA) is 41.1 Å². The van der Waals surface area contributed by atoms with Crippen LogP contribution in [0.2, 0.25) is 0 Å². The summed E-state index contributed by atoms with van der Waals surface area (Å²) in [4.78, 5) is 12.2. The standard InChI is InChI=1S/C18H28N2O/c1-4-19-17-10-9-16(11-14(17)3)18(21)20-12-15-7-5-13(2)6-8-15/h9-11,13,15,19H,4-8,12H2,1-3H3,(H,20,21).